The second-order valence-corrected chi connectivity index (χ2v) is 5.09. The van der Waals surface area contributed by atoms with Gasteiger partial charge in [-0.2, -0.15) is 0 Å². The molecule has 3 heteroatoms. The molecule has 18 heavy (non-hydrogen) atoms. The van der Waals surface area contributed by atoms with Crippen LogP contribution in [0, 0.1) is 5.92 Å². The van der Waals surface area contributed by atoms with E-state index in [1.165, 1.54) is 0 Å². The van der Waals surface area contributed by atoms with E-state index in [0.29, 0.717) is 6.61 Å². The third kappa shape index (κ3) is 1.50. The van der Waals surface area contributed by atoms with E-state index in [4.69, 9.17) is 4.74 Å². The molecule has 0 bridgehead atoms. The van der Waals surface area contributed by atoms with Crippen molar-refractivity contribution in [1.82, 2.24) is 0 Å². The number of ether oxygens (including phenoxy) is 1. The number of fused-ring (bicyclic) bond motifs is 1. The Morgan fingerprint density at radius 3 is 2.83 bits per heavy atom. The summed E-state index contributed by atoms with van der Waals surface area (Å²) < 4.78 is 6.01. The summed E-state index contributed by atoms with van der Waals surface area (Å²) in [6.07, 6.45) is 4.23. The molecule has 1 aliphatic heterocycles. The van der Waals surface area contributed by atoms with Gasteiger partial charge in [0.2, 0.25) is 5.91 Å². The van der Waals surface area contributed by atoms with E-state index in [2.05, 4.69) is 0 Å². The van der Waals surface area contributed by atoms with Crippen LogP contribution >= 0.6 is 0 Å². The fraction of sp³-hybridized carbons (Fsp3) is 0.533. The molecular weight excluding hydrogens is 226 g/mol. The minimum Gasteiger partial charge on any atom is -0.355 e. The molecule has 1 aliphatic carbocycles. The molecular formula is C15H19NO2. The zero-order valence-corrected chi connectivity index (χ0v) is 10.8. The Balaban J connectivity index is 1.96. The lowest BCUT2D eigenvalue weighted by Crippen LogP contribution is -2.73. The highest BCUT2D eigenvalue weighted by Crippen LogP contribution is 2.50. The van der Waals surface area contributed by atoms with Gasteiger partial charge in [0.25, 0.3) is 0 Å². The molecule has 2 fully saturated rings. The lowest BCUT2D eigenvalue weighted by Gasteiger charge is -2.58. The number of amides is 1. The zero-order valence-electron chi connectivity index (χ0n) is 10.8. The van der Waals surface area contributed by atoms with Gasteiger partial charge in [0.05, 0.1) is 5.92 Å². The lowest BCUT2D eigenvalue weighted by molar-refractivity contribution is -0.177. The van der Waals surface area contributed by atoms with E-state index in [1.807, 2.05) is 42.2 Å². The number of benzene rings is 1. The summed E-state index contributed by atoms with van der Waals surface area (Å²) in [5, 5.41) is 0. The predicted octanol–water partition coefficient (Wildman–Crippen LogP) is 2.96. The molecule has 1 aromatic carbocycles. The number of rotatable bonds is 3. The molecule has 0 N–H and O–H groups in total. The molecule has 1 aromatic rings. The molecule has 3 rings (SSSR count). The van der Waals surface area contributed by atoms with Crippen LogP contribution in [0.3, 0.4) is 0 Å². The highest BCUT2D eigenvalue weighted by Gasteiger charge is 2.62. The van der Waals surface area contributed by atoms with Crippen LogP contribution in [-0.4, -0.2) is 18.2 Å². The third-order valence-corrected chi connectivity index (χ3v) is 4.13. The van der Waals surface area contributed by atoms with E-state index < -0.39 is 0 Å². The van der Waals surface area contributed by atoms with Crippen molar-refractivity contribution < 1.29 is 9.53 Å². The number of para-hydroxylation sites is 1. The maximum absolute atomic E-state index is 12.3. The SMILES string of the molecule is CCOC12CCCCC1C(=O)N2c1ccccc1. The quantitative estimate of drug-likeness (QED) is 0.766. The van der Waals surface area contributed by atoms with Gasteiger partial charge in [0, 0.05) is 12.3 Å². The Hall–Kier alpha value is -1.35. The molecule has 2 unspecified atom stereocenters. The normalized spacial score (nSPS) is 30.8. The van der Waals surface area contributed by atoms with E-state index in [-0.39, 0.29) is 17.6 Å². The summed E-state index contributed by atoms with van der Waals surface area (Å²) in [7, 11) is 0. The predicted molar refractivity (Wildman–Crippen MR) is 70.2 cm³/mol. The van der Waals surface area contributed by atoms with Gasteiger partial charge in [-0.05, 0) is 38.3 Å². The molecule has 0 aromatic heterocycles. The van der Waals surface area contributed by atoms with Gasteiger partial charge < -0.3 is 4.74 Å². The van der Waals surface area contributed by atoms with E-state index in [0.717, 1.165) is 31.4 Å². The Labute approximate surface area is 108 Å². The molecule has 0 spiro atoms. The largest absolute Gasteiger partial charge is 0.355 e. The Bertz CT molecular complexity index is 441. The summed E-state index contributed by atoms with van der Waals surface area (Å²) in [4.78, 5) is 14.2. The van der Waals surface area contributed by atoms with Crippen molar-refractivity contribution in [2.75, 3.05) is 11.5 Å². The topological polar surface area (TPSA) is 29.5 Å². The number of nitrogens with zero attached hydrogens (tertiary/aromatic N) is 1. The first-order valence-corrected chi connectivity index (χ1v) is 6.82. The number of carbonyl (C=O) groups is 1. The van der Waals surface area contributed by atoms with Gasteiger partial charge in [0.15, 0.2) is 5.72 Å². The molecule has 2 atom stereocenters. The van der Waals surface area contributed by atoms with Gasteiger partial charge in [0.1, 0.15) is 0 Å². The van der Waals surface area contributed by atoms with E-state index in [9.17, 15) is 4.79 Å². The molecule has 1 heterocycles. The first kappa shape index (κ1) is 11.7. The summed E-state index contributed by atoms with van der Waals surface area (Å²) in [6.45, 7) is 2.67. The van der Waals surface area contributed by atoms with Crippen LogP contribution in [0.1, 0.15) is 32.6 Å². The molecule has 0 radical (unpaired) electrons. The van der Waals surface area contributed by atoms with Crippen LogP contribution in [0.4, 0.5) is 5.69 Å². The van der Waals surface area contributed by atoms with Gasteiger partial charge in [-0.3, -0.25) is 9.69 Å². The van der Waals surface area contributed by atoms with Crippen LogP contribution in [0.5, 0.6) is 0 Å². The van der Waals surface area contributed by atoms with Crippen molar-refractivity contribution in [3.63, 3.8) is 0 Å². The number of carbonyl (C=O) groups excluding carboxylic acids is 1. The lowest BCUT2D eigenvalue weighted by atomic mass is 9.72. The summed E-state index contributed by atoms with van der Waals surface area (Å²) in [6, 6.07) is 9.89. The summed E-state index contributed by atoms with van der Waals surface area (Å²) >= 11 is 0. The van der Waals surface area contributed by atoms with Crippen molar-refractivity contribution in [2.24, 2.45) is 5.92 Å². The van der Waals surface area contributed by atoms with Crippen molar-refractivity contribution in [2.45, 2.75) is 38.3 Å². The highest BCUT2D eigenvalue weighted by molar-refractivity contribution is 6.04. The summed E-state index contributed by atoms with van der Waals surface area (Å²) in [5.74, 6) is 0.306. The van der Waals surface area contributed by atoms with Crippen LogP contribution in [0.25, 0.3) is 0 Å². The highest BCUT2D eigenvalue weighted by atomic mass is 16.5. The zero-order chi connectivity index (χ0) is 12.6. The van der Waals surface area contributed by atoms with Crippen LogP contribution < -0.4 is 4.90 Å². The first-order valence-electron chi connectivity index (χ1n) is 6.82. The minimum atomic E-state index is -0.356. The van der Waals surface area contributed by atoms with Crippen molar-refractivity contribution in [1.29, 1.82) is 0 Å². The number of hydrogen-bond acceptors (Lipinski definition) is 2. The second kappa shape index (κ2) is 4.39. The average Bonchev–Trinajstić information content (AvgIpc) is 2.40. The number of hydrogen-bond donors (Lipinski definition) is 0. The van der Waals surface area contributed by atoms with Gasteiger partial charge in [-0.15, -0.1) is 0 Å². The maximum Gasteiger partial charge on any atom is 0.237 e. The monoisotopic (exact) mass is 245 g/mol. The van der Waals surface area contributed by atoms with E-state index in [1.54, 1.807) is 0 Å². The van der Waals surface area contributed by atoms with Crippen LogP contribution in [-0.2, 0) is 9.53 Å². The van der Waals surface area contributed by atoms with Crippen molar-refractivity contribution >= 4 is 11.6 Å². The van der Waals surface area contributed by atoms with Gasteiger partial charge >= 0.3 is 0 Å². The van der Waals surface area contributed by atoms with Gasteiger partial charge in [-0.1, -0.05) is 24.6 Å². The molecule has 3 nitrogen and oxygen atoms in total. The molecule has 1 saturated carbocycles. The maximum atomic E-state index is 12.3. The number of β-lactam (4-membered cyclic amide) rings is 1. The van der Waals surface area contributed by atoms with Crippen LogP contribution in [0.15, 0.2) is 30.3 Å². The average molecular weight is 245 g/mol. The molecule has 1 amide bonds. The van der Waals surface area contributed by atoms with Crippen molar-refractivity contribution in [3.05, 3.63) is 30.3 Å². The third-order valence-electron chi connectivity index (χ3n) is 4.13. The smallest absolute Gasteiger partial charge is 0.237 e. The Kier molecular flexibility index (Phi) is 2.86. The van der Waals surface area contributed by atoms with E-state index >= 15 is 0 Å². The molecule has 1 saturated heterocycles. The Morgan fingerprint density at radius 2 is 2.11 bits per heavy atom. The number of anilines is 1. The molecule has 2 aliphatic rings. The summed E-state index contributed by atoms with van der Waals surface area (Å²) in [5.41, 5.74) is 0.611. The first-order chi connectivity index (χ1) is 8.79. The second-order valence-electron chi connectivity index (χ2n) is 5.09. The van der Waals surface area contributed by atoms with Crippen molar-refractivity contribution in [3.8, 4) is 0 Å². The Morgan fingerprint density at radius 1 is 1.33 bits per heavy atom. The standard InChI is InChI=1S/C15H19NO2/c1-2-18-15-11-7-6-10-13(15)14(17)16(15)12-8-4-3-5-9-12/h3-5,8-9,13H,2,6-7,10-11H2,1H3. The minimum absolute atomic E-state index is 0.0754. The van der Waals surface area contributed by atoms with Crippen LogP contribution in [0.2, 0.25) is 0 Å². The molecule has 96 valence electrons. The fourth-order valence-corrected chi connectivity index (χ4v) is 3.40. The fourth-order valence-electron chi connectivity index (χ4n) is 3.40. The van der Waals surface area contributed by atoms with Gasteiger partial charge in [-0.25, -0.2) is 0 Å².